The van der Waals surface area contributed by atoms with E-state index in [4.69, 9.17) is 0 Å². The highest BCUT2D eigenvalue weighted by Gasteiger charge is 2.30. The third-order valence-corrected chi connectivity index (χ3v) is 8.04. The maximum Gasteiger partial charge on any atom is 0.00763 e. The van der Waals surface area contributed by atoms with Crippen LogP contribution in [0.3, 0.4) is 0 Å². The molecule has 2 rings (SSSR count). The average Bonchev–Trinajstić information content (AvgIpc) is 2.85. The quantitative estimate of drug-likeness (QED) is 0.181. The van der Waals surface area contributed by atoms with Crippen LogP contribution in [0.4, 0.5) is 0 Å². The number of hydrogen-bond donors (Lipinski definition) is 0. The van der Waals surface area contributed by atoms with Crippen molar-refractivity contribution < 1.29 is 0 Å². The summed E-state index contributed by atoms with van der Waals surface area (Å²) in [5, 5.41) is 0. The lowest BCUT2D eigenvalue weighted by Crippen LogP contribution is -2.24. The van der Waals surface area contributed by atoms with Gasteiger partial charge in [0, 0.05) is 5.57 Å². The Kier molecular flexibility index (Phi) is 12.8. The highest BCUT2D eigenvalue weighted by Crippen LogP contribution is 2.43. The summed E-state index contributed by atoms with van der Waals surface area (Å²) in [5.41, 5.74) is 9.55. The summed E-state index contributed by atoms with van der Waals surface area (Å²) in [4.78, 5) is 0. The van der Waals surface area contributed by atoms with E-state index in [1.807, 2.05) is 25.2 Å². The summed E-state index contributed by atoms with van der Waals surface area (Å²) in [5.74, 6) is 13.3. The van der Waals surface area contributed by atoms with Crippen LogP contribution < -0.4 is 0 Å². The van der Waals surface area contributed by atoms with Crippen LogP contribution in [-0.4, -0.2) is 0 Å². The van der Waals surface area contributed by atoms with Gasteiger partial charge in [-0.25, -0.2) is 0 Å². The van der Waals surface area contributed by atoms with Gasteiger partial charge in [-0.05, 0) is 118 Å². The van der Waals surface area contributed by atoms with Gasteiger partial charge in [-0.15, -0.1) is 0 Å². The van der Waals surface area contributed by atoms with Crippen molar-refractivity contribution in [1.82, 2.24) is 0 Å². The molecule has 1 atom stereocenters. The van der Waals surface area contributed by atoms with Crippen LogP contribution in [0.25, 0.3) is 0 Å². The topological polar surface area (TPSA) is 0 Å². The molecule has 0 aromatic carbocycles. The van der Waals surface area contributed by atoms with Gasteiger partial charge in [0.15, 0.2) is 0 Å². The molecule has 1 saturated carbocycles. The van der Waals surface area contributed by atoms with Gasteiger partial charge in [0.05, 0.1) is 0 Å². The summed E-state index contributed by atoms with van der Waals surface area (Å²) >= 11 is 0. The molecular formula is C40H52. The Morgan fingerprint density at radius 3 is 2.30 bits per heavy atom. The number of allylic oxidation sites excluding steroid dienone is 18. The molecule has 212 valence electrons. The highest BCUT2D eigenvalue weighted by atomic mass is 14.4. The van der Waals surface area contributed by atoms with Crippen molar-refractivity contribution in [3.63, 3.8) is 0 Å². The number of rotatable bonds is 6. The fraction of sp³-hybridized carbons (Fsp3) is 0.450. The summed E-state index contributed by atoms with van der Waals surface area (Å²) in [7, 11) is 0. The zero-order valence-electron chi connectivity index (χ0n) is 27.0. The first kappa shape index (κ1) is 33.0. The smallest absolute Gasteiger partial charge is 0.00763 e. The van der Waals surface area contributed by atoms with Crippen LogP contribution in [0.15, 0.2) is 106 Å². The van der Waals surface area contributed by atoms with E-state index in [0.717, 1.165) is 29.6 Å². The zero-order valence-corrected chi connectivity index (χ0v) is 27.0. The molecule has 0 aromatic heterocycles. The molecule has 1 unspecified atom stereocenters. The van der Waals surface area contributed by atoms with Crippen LogP contribution in [0, 0.1) is 40.4 Å². The van der Waals surface area contributed by atoms with Gasteiger partial charge in [-0.2, -0.15) is 0 Å². The minimum absolute atomic E-state index is 0.181. The molecule has 0 saturated heterocycles. The summed E-state index contributed by atoms with van der Waals surface area (Å²) in [6.07, 6.45) is 29.8. The first-order valence-corrected chi connectivity index (χ1v) is 14.9. The molecule has 0 aromatic rings. The Morgan fingerprint density at radius 1 is 0.925 bits per heavy atom. The Morgan fingerprint density at radius 2 is 1.60 bits per heavy atom. The predicted octanol–water partition coefficient (Wildman–Crippen LogP) is 11.4. The molecule has 0 nitrogen and oxygen atoms in total. The van der Waals surface area contributed by atoms with Crippen molar-refractivity contribution in [3.05, 3.63) is 106 Å². The fourth-order valence-corrected chi connectivity index (χ4v) is 5.53. The van der Waals surface area contributed by atoms with Crippen LogP contribution in [0.1, 0.15) is 101 Å². The van der Waals surface area contributed by atoms with E-state index in [-0.39, 0.29) is 5.41 Å². The average molecular weight is 533 g/mol. The second-order valence-corrected chi connectivity index (χ2v) is 13.0. The lowest BCUT2D eigenvalue weighted by molar-refractivity contribution is 0.288. The molecule has 2 aliphatic carbocycles. The van der Waals surface area contributed by atoms with Crippen molar-refractivity contribution in [1.29, 1.82) is 0 Å². The zero-order chi connectivity index (χ0) is 29.8. The highest BCUT2D eigenvalue weighted by molar-refractivity contribution is 5.44. The Balaban J connectivity index is 1.91. The largest absolute Gasteiger partial charge is 0.0834 e. The standard InChI is InChI=1S/C40H52/c1-31(19-13-21-33(3)25-27-37-35(5)23-15-29-39(37,7)8)17-11-12-18-32(2)20-14-22-34(4)26-28-38-36(6)24-16-30-40(38,9)10/h13,16-19,21-22,24,26-28,35H,15,23,25,29-30H2,1-10H3/b19-13+,28-26+,31-17+,32-18+,33-21+,34-22+,37-27+. The SMILES string of the molecule is CC1=C(/C=C/C(C)=C/C#C/C(C)=C/C#C/C=C(C)/C=C/C=C(\C)C/C=C2\C(C)CCCC2(C)C)C(C)(C)CC=C1. The van der Waals surface area contributed by atoms with Gasteiger partial charge < -0.3 is 0 Å². The maximum atomic E-state index is 3.18. The maximum absolute atomic E-state index is 3.18. The molecular weight excluding hydrogens is 480 g/mol. The van der Waals surface area contributed by atoms with Gasteiger partial charge >= 0.3 is 0 Å². The van der Waals surface area contributed by atoms with E-state index in [2.05, 4.69) is 135 Å². The van der Waals surface area contributed by atoms with Crippen molar-refractivity contribution >= 4 is 0 Å². The fourth-order valence-electron chi connectivity index (χ4n) is 5.53. The molecule has 0 radical (unpaired) electrons. The van der Waals surface area contributed by atoms with Gasteiger partial charge in [0.2, 0.25) is 0 Å². The van der Waals surface area contributed by atoms with E-state index in [1.165, 1.54) is 36.0 Å². The van der Waals surface area contributed by atoms with Gasteiger partial charge in [0.25, 0.3) is 0 Å². The molecule has 0 N–H and O–H groups in total. The lowest BCUT2D eigenvalue weighted by atomic mass is 9.68. The first-order valence-electron chi connectivity index (χ1n) is 14.9. The normalized spacial score (nSPS) is 22.9. The van der Waals surface area contributed by atoms with E-state index >= 15 is 0 Å². The van der Waals surface area contributed by atoms with Gasteiger partial charge in [-0.3, -0.25) is 0 Å². The predicted molar refractivity (Wildman–Crippen MR) is 179 cm³/mol. The second-order valence-electron chi connectivity index (χ2n) is 13.0. The summed E-state index contributed by atoms with van der Waals surface area (Å²) in [6.45, 7) is 22.4. The number of hydrogen-bond acceptors (Lipinski definition) is 0. The van der Waals surface area contributed by atoms with Crippen molar-refractivity contribution in [3.8, 4) is 23.7 Å². The molecule has 0 aliphatic heterocycles. The van der Waals surface area contributed by atoms with E-state index in [0.29, 0.717) is 11.3 Å². The molecule has 0 bridgehead atoms. The summed E-state index contributed by atoms with van der Waals surface area (Å²) in [6, 6.07) is 0. The molecule has 40 heavy (non-hydrogen) atoms. The third-order valence-electron chi connectivity index (χ3n) is 8.04. The van der Waals surface area contributed by atoms with Crippen LogP contribution >= 0.6 is 0 Å². The van der Waals surface area contributed by atoms with Crippen LogP contribution in [-0.2, 0) is 0 Å². The van der Waals surface area contributed by atoms with Gasteiger partial charge in [-0.1, -0.05) is 124 Å². The molecule has 2 aliphatic rings. The van der Waals surface area contributed by atoms with Crippen LogP contribution in [0.2, 0.25) is 0 Å². The van der Waals surface area contributed by atoms with Crippen molar-refractivity contribution in [2.45, 2.75) is 101 Å². The molecule has 0 spiro atoms. The lowest BCUT2D eigenvalue weighted by Gasteiger charge is -2.37. The minimum atomic E-state index is 0.181. The summed E-state index contributed by atoms with van der Waals surface area (Å²) < 4.78 is 0. The molecule has 0 heterocycles. The minimum Gasteiger partial charge on any atom is -0.0834 e. The Labute approximate surface area is 247 Å². The molecule has 0 amide bonds. The van der Waals surface area contributed by atoms with E-state index < -0.39 is 0 Å². The van der Waals surface area contributed by atoms with Crippen molar-refractivity contribution in [2.75, 3.05) is 0 Å². The molecule has 1 fully saturated rings. The van der Waals surface area contributed by atoms with Gasteiger partial charge in [0.1, 0.15) is 0 Å². The molecule has 0 heteroatoms. The van der Waals surface area contributed by atoms with E-state index in [1.54, 1.807) is 5.57 Å². The van der Waals surface area contributed by atoms with E-state index in [9.17, 15) is 0 Å². The monoisotopic (exact) mass is 532 g/mol. The Bertz CT molecular complexity index is 1310. The third kappa shape index (κ3) is 11.1. The second kappa shape index (κ2) is 15.5. The van der Waals surface area contributed by atoms with Crippen LogP contribution in [0.5, 0.6) is 0 Å². The Hall–Kier alpha value is -3.22. The van der Waals surface area contributed by atoms with Crippen molar-refractivity contribution in [2.24, 2.45) is 16.7 Å². The first-order chi connectivity index (χ1) is 18.8.